The van der Waals surface area contributed by atoms with E-state index >= 15 is 0 Å². The predicted molar refractivity (Wildman–Crippen MR) is 95.4 cm³/mol. The van der Waals surface area contributed by atoms with E-state index in [1.165, 1.54) is 18.4 Å². The van der Waals surface area contributed by atoms with Crippen LogP contribution >= 0.6 is 0 Å². The van der Waals surface area contributed by atoms with Crippen molar-refractivity contribution in [2.75, 3.05) is 36.0 Å². The quantitative estimate of drug-likeness (QED) is 0.868. The van der Waals surface area contributed by atoms with Crippen molar-refractivity contribution in [3.05, 3.63) is 48.3 Å². The zero-order valence-electron chi connectivity index (χ0n) is 14.1. The third-order valence-electron chi connectivity index (χ3n) is 4.82. The second-order valence-corrected chi connectivity index (χ2v) is 6.68. The Balaban J connectivity index is 1.55. The fraction of sp³-hybridized carbons (Fsp3) is 0.474. The zero-order valence-corrected chi connectivity index (χ0v) is 14.1. The molecule has 2 aliphatic heterocycles. The number of benzene rings is 1. The molecule has 2 aliphatic rings. The van der Waals surface area contributed by atoms with Gasteiger partial charge in [-0.15, -0.1) is 0 Å². The average molecular weight is 324 g/mol. The van der Waals surface area contributed by atoms with Crippen LogP contribution in [0.5, 0.6) is 0 Å². The number of hydrogen-bond donors (Lipinski definition) is 0. The van der Waals surface area contributed by atoms with Gasteiger partial charge in [0.15, 0.2) is 0 Å². The predicted octanol–water partition coefficient (Wildman–Crippen LogP) is 3.04. The first-order valence-corrected chi connectivity index (χ1v) is 8.82. The molecule has 1 aromatic carbocycles. The fourth-order valence-electron chi connectivity index (χ4n) is 3.62. The van der Waals surface area contributed by atoms with Crippen molar-refractivity contribution in [1.29, 1.82) is 0 Å². The standard InChI is InChI=1S/C19H24N4O/c1-15-12-23(13-17(24-15)16-7-3-2-4-8-16)19-11-18(20-14-21-19)22-9-5-6-10-22/h2-4,7-8,11,14-15,17H,5-6,9-10,12-13H2,1H3. The molecule has 0 amide bonds. The van der Waals surface area contributed by atoms with E-state index in [2.05, 4.69) is 57.0 Å². The summed E-state index contributed by atoms with van der Waals surface area (Å²) in [7, 11) is 0. The lowest BCUT2D eigenvalue weighted by Gasteiger charge is -2.38. The van der Waals surface area contributed by atoms with Crippen molar-refractivity contribution < 1.29 is 4.74 Å². The molecule has 0 N–H and O–H groups in total. The Morgan fingerprint density at radius 1 is 0.958 bits per heavy atom. The van der Waals surface area contributed by atoms with E-state index in [1.54, 1.807) is 6.33 Å². The normalized spacial score (nSPS) is 24.4. The van der Waals surface area contributed by atoms with Gasteiger partial charge < -0.3 is 14.5 Å². The molecule has 2 unspecified atom stereocenters. The van der Waals surface area contributed by atoms with E-state index < -0.39 is 0 Å². The largest absolute Gasteiger partial charge is 0.367 e. The van der Waals surface area contributed by atoms with Crippen molar-refractivity contribution in [3.63, 3.8) is 0 Å². The highest BCUT2D eigenvalue weighted by Crippen LogP contribution is 2.29. The molecule has 0 radical (unpaired) electrons. The van der Waals surface area contributed by atoms with Gasteiger partial charge in [-0.25, -0.2) is 9.97 Å². The molecule has 2 fully saturated rings. The lowest BCUT2D eigenvalue weighted by molar-refractivity contribution is -0.0176. The number of rotatable bonds is 3. The van der Waals surface area contributed by atoms with Crippen LogP contribution in [0, 0.1) is 0 Å². The van der Waals surface area contributed by atoms with Crippen LogP contribution in [-0.4, -0.2) is 42.3 Å². The van der Waals surface area contributed by atoms with Gasteiger partial charge in [0, 0.05) is 32.2 Å². The van der Waals surface area contributed by atoms with Crippen LogP contribution in [0.1, 0.15) is 31.4 Å². The second kappa shape index (κ2) is 6.77. The molecule has 3 heterocycles. The van der Waals surface area contributed by atoms with Gasteiger partial charge in [-0.2, -0.15) is 0 Å². The number of ether oxygens (including phenoxy) is 1. The Labute approximate surface area is 143 Å². The summed E-state index contributed by atoms with van der Waals surface area (Å²) in [5, 5.41) is 0. The molecule has 4 rings (SSSR count). The summed E-state index contributed by atoms with van der Waals surface area (Å²) in [6.07, 6.45) is 4.46. The highest BCUT2D eigenvalue weighted by atomic mass is 16.5. The molecule has 2 atom stereocenters. The minimum Gasteiger partial charge on any atom is -0.367 e. The third-order valence-corrected chi connectivity index (χ3v) is 4.82. The smallest absolute Gasteiger partial charge is 0.134 e. The van der Waals surface area contributed by atoms with Gasteiger partial charge in [0.05, 0.1) is 6.10 Å². The summed E-state index contributed by atoms with van der Waals surface area (Å²) in [6, 6.07) is 12.6. The molecular weight excluding hydrogens is 300 g/mol. The van der Waals surface area contributed by atoms with Crippen LogP contribution in [0.15, 0.2) is 42.7 Å². The molecule has 1 aromatic heterocycles. The molecule has 0 spiro atoms. The SMILES string of the molecule is CC1CN(c2cc(N3CCCC3)ncn2)CC(c2ccccc2)O1. The molecule has 24 heavy (non-hydrogen) atoms. The van der Waals surface area contributed by atoms with Crippen LogP contribution in [-0.2, 0) is 4.74 Å². The van der Waals surface area contributed by atoms with E-state index in [0.29, 0.717) is 0 Å². The van der Waals surface area contributed by atoms with Crippen LogP contribution < -0.4 is 9.80 Å². The van der Waals surface area contributed by atoms with E-state index in [9.17, 15) is 0 Å². The molecule has 0 aliphatic carbocycles. The van der Waals surface area contributed by atoms with Crippen LogP contribution in [0.2, 0.25) is 0 Å². The van der Waals surface area contributed by atoms with Crippen LogP contribution in [0.3, 0.4) is 0 Å². The highest BCUT2D eigenvalue weighted by Gasteiger charge is 2.27. The minimum absolute atomic E-state index is 0.0835. The molecule has 5 heteroatoms. The Kier molecular flexibility index (Phi) is 4.34. The van der Waals surface area contributed by atoms with Crippen molar-refractivity contribution in [3.8, 4) is 0 Å². The number of anilines is 2. The van der Waals surface area contributed by atoms with E-state index in [-0.39, 0.29) is 12.2 Å². The summed E-state index contributed by atoms with van der Waals surface area (Å²) in [5.74, 6) is 2.05. The van der Waals surface area contributed by atoms with Crippen molar-refractivity contribution in [2.24, 2.45) is 0 Å². The Morgan fingerprint density at radius 2 is 1.67 bits per heavy atom. The first kappa shape index (κ1) is 15.4. The number of aromatic nitrogens is 2. The lowest BCUT2D eigenvalue weighted by Crippen LogP contribution is -2.43. The summed E-state index contributed by atoms with van der Waals surface area (Å²) in [5.41, 5.74) is 1.22. The van der Waals surface area contributed by atoms with Crippen molar-refractivity contribution >= 4 is 11.6 Å². The van der Waals surface area contributed by atoms with Gasteiger partial charge in [0.2, 0.25) is 0 Å². The van der Waals surface area contributed by atoms with Gasteiger partial charge in [-0.1, -0.05) is 30.3 Å². The molecule has 2 saturated heterocycles. The monoisotopic (exact) mass is 324 g/mol. The molecule has 2 aromatic rings. The first-order chi connectivity index (χ1) is 11.8. The zero-order chi connectivity index (χ0) is 16.4. The van der Waals surface area contributed by atoms with Crippen molar-refractivity contribution in [2.45, 2.75) is 32.0 Å². The Hall–Kier alpha value is -2.14. The van der Waals surface area contributed by atoms with Gasteiger partial charge in [-0.05, 0) is 25.3 Å². The van der Waals surface area contributed by atoms with E-state index in [4.69, 9.17) is 4.74 Å². The summed E-state index contributed by atoms with van der Waals surface area (Å²) in [4.78, 5) is 13.7. The van der Waals surface area contributed by atoms with Crippen LogP contribution in [0.25, 0.3) is 0 Å². The van der Waals surface area contributed by atoms with Gasteiger partial charge in [0.25, 0.3) is 0 Å². The second-order valence-electron chi connectivity index (χ2n) is 6.68. The maximum Gasteiger partial charge on any atom is 0.134 e. The fourth-order valence-corrected chi connectivity index (χ4v) is 3.62. The summed E-state index contributed by atoms with van der Waals surface area (Å²) >= 11 is 0. The molecule has 0 bridgehead atoms. The number of hydrogen-bond acceptors (Lipinski definition) is 5. The molecule has 126 valence electrons. The summed E-state index contributed by atoms with van der Waals surface area (Å²) in [6.45, 7) is 6.01. The Bertz CT molecular complexity index is 672. The van der Waals surface area contributed by atoms with Gasteiger partial charge in [0.1, 0.15) is 24.1 Å². The Morgan fingerprint density at radius 3 is 2.42 bits per heavy atom. The summed E-state index contributed by atoms with van der Waals surface area (Å²) < 4.78 is 6.16. The number of morpholine rings is 1. The first-order valence-electron chi connectivity index (χ1n) is 8.82. The molecule has 0 saturated carbocycles. The highest BCUT2D eigenvalue weighted by molar-refractivity contribution is 5.51. The topological polar surface area (TPSA) is 41.5 Å². The van der Waals surface area contributed by atoms with E-state index in [0.717, 1.165) is 37.8 Å². The van der Waals surface area contributed by atoms with Crippen molar-refractivity contribution in [1.82, 2.24) is 9.97 Å². The lowest BCUT2D eigenvalue weighted by atomic mass is 10.1. The number of nitrogens with zero attached hydrogens (tertiary/aromatic N) is 4. The third kappa shape index (κ3) is 3.22. The van der Waals surface area contributed by atoms with Gasteiger partial charge in [-0.3, -0.25) is 0 Å². The van der Waals surface area contributed by atoms with Crippen LogP contribution in [0.4, 0.5) is 11.6 Å². The van der Waals surface area contributed by atoms with E-state index in [1.807, 2.05) is 6.07 Å². The minimum atomic E-state index is 0.0835. The maximum absolute atomic E-state index is 6.16. The average Bonchev–Trinajstić information content (AvgIpc) is 3.17. The van der Waals surface area contributed by atoms with Gasteiger partial charge >= 0.3 is 0 Å². The maximum atomic E-state index is 6.16. The molecule has 5 nitrogen and oxygen atoms in total. The molecular formula is C19H24N4O.